The largest absolute Gasteiger partial charge is 0.390 e. The number of rotatable bonds is 2. The van der Waals surface area contributed by atoms with E-state index in [9.17, 15) is 5.11 Å². The third kappa shape index (κ3) is 2.82. The zero-order chi connectivity index (χ0) is 16.0. The van der Waals surface area contributed by atoms with Crippen molar-refractivity contribution < 1.29 is 5.11 Å². The van der Waals surface area contributed by atoms with Crippen LogP contribution in [0.1, 0.15) is 17.1 Å². The monoisotopic (exact) mass is 318 g/mol. The number of anilines is 1. The summed E-state index contributed by atoms with van der Waals surface area (Å²) in [7, 11) is 2.16. The van der Waals surface area contributed by atoms with Gasteiger partial charge in [0.05, 0.1) is 17.8 Å². The van der Waals surface area contributed by atoms with Crippen molar-refractivity contribution in [1.82, 2.24) is 25.1 Å². The fraction of sp³-hybridized carbons (Fsp3) is 0.750. The van der Waals surface area contributed by atoms with Crippen LogP contribution in [-0.4, -0.2) is 83.3 Å². The van der Waals surface area contributed by atoms with Gasteiger partial charge in [0.15, 0.2) is 0 Å². The van der Waals surface area contributed by atoms with Crippen LogP contribution in [0.3, 0.4) is 0 Å². The van der Waals surface area contributed by atoms with Gasteiger partial charge in [-0.05, 0) is 14.0 Å². The van der Waals surface area contributed by atoms with E-state index in [0.717, 1.165) is 63.1 Å². The van der Waals surface area contributed by atoms with E-state index in [4.69, 9.17) is 0 Å². The van der Waals surface area contributed by atoms with E-state index in [1.165, 1.54) is 5.56 Å². The van der Waals surface area contributed by atoms with Gasteiger partial charge in [-0.25, -0.2) is 9.97 Å². The number of piperazine rings is 1. The molecule has 2 fully saturated rings. The molecular formula is C16H26N6O. The quantitative estimate of drug-likeness (QED) is 0.739. The van der Waals surface area contributed by atoms with Crippen molar-refractivity contribution in [2.75, 3.05) is 51.2 Å². The second-order valence-corrected chi connectivity index (χ2v) is 7.00. The number of nitrogens with one attached hydrogen (secondary N) is 1. The second-order valence-electron chi connectivity index (χ2n) is 7.00. The molecule has 7 nitrogen and oxygen atoms in total. The Hall–Kier alpha value is -1.28. The molecule has 2 N–H and O–H groups in total. The average Bonchev–Trinajstić information content (AvgIpc) is 3.14. The fourth-order valence-electron chi connectivity index (χ4n) is 3.99. The smallest absolute Gasteiger partial charge is 0.137 e. The Morgan fingerprint density at radius 1 is 1.09 bits per heavy atom. The number of aliphatic hydroxyl groups excluding tert-OH is 1. The van der Waals surface area contributed by atoms with Gasteiger partial charge in [-0.1, -0.05) is 0 Å². The van der Waals surface area contributed by atoms with E-state index >= 15 is 0 Å². The van der Waals surface area contributed by atoms with Crippen LogP contribution < -0.4 is 10.2 Å². The lowest BCUT2D eigenvalue weighted by Crippen LogP contribution is -2.52. The molecule has 23 heavy (non-hydrogen) atoms. The Balaban J connectivity index is 1.54. The normalized spacial score (nSPS) is 29.3. The Kier molecular flexibility index (Phi) is 3.96. The highest BCUT2D eigenvalue weighted by molar-refractivity contribution is 5.52. The standard InChI is InChI=1S/C16H26N6O/c1-11-18-13-8-17-7-12(13)16(19-11)22-9-14(15(23)10-22)21-5-3-20(2)4-6-21/h14-15,17,23H,3-10H2,1-2H3/t14-,15-/m1/s1. The minimum atomic E-state index is -0.307. The van der Waals surface area contributed by atoms with Gasteiger partial charge in [0.25, 0.3) is 0 Å². The summed E-state index contributed by atoms with van der Waals surface area (Å²) in [4.78, 5) is 16.3. The maximum atomic E-state index is 10.6. The number of fused-ring (bicyclic) bond motifs is 1. The molecule has 4 heterocycles. The van der Waals surface area contributed by atoms with Crippen molar-refractivity contribution >= 4 is 5.82 Å². The minimum Gasteiger partial charge on any atom is -0.390 e. The first-order chi connectivity index (χ1) is 11.1. The number of likely N-dealkylation sites (N-methyl/N-ethyl adjacent to an activating group) is 1. The van der Waals surface area contributed by atoms with Crippen molar-refractivity contribution in [2.24, 2.45) is 0 Å². The first-order valence-electron chi connectivity index (χ1n) is 8.54. The molecular weight excluding hydrogens is 292 g/mol. The second kappa shape index (κ2) is 5.98. The number of aromatic nitrogens is 2. The number of β-amino-alcohol motifs (C(OH)–C–C–N with tert-alkyl or cyclic N) is 1. The van der Waals surface area contributed by atoms with Gasteiger partial charge in [-0.3, -0.25) is 4.90 Å². The van der Waals surface area contributed by atoms with Crippen molar-refractivity contribution in [3.63, 3.8) is 0 Å². The molecule has 1 aromatic heterocycles. The van der Waals surface area contributed by atoms with E-state index in [1.807, 2.05) is 6.92 Å². The predicted molar refractivity (Wildman–Crippen MR) is 88.4 cm³/mol. The molecule has 0 radical (unpaired) electrons. The molecule has 2 saturated heterocycles. The lowest BCUT2D eigenvalue weighted by Gasteiger charge is -2.37. The first-order valence-corrected chi connectivity index (χ1v) is 8.54. The molecule has 3 aliphatic rings. The zero-order valence-electron chi connectivity index (χ0n) is 14.0. The average molecular weight is 318 g/mol. The molecule has 0 bridgehead atoms. The van der Waals surface area contributed by atoms with Gasteiger partial charge in [-0.2, -0.15) is 0 Å². The van der Waals surface area contributed by atoms with Gasteiger partial charge in [0, 0.05) is 57.9 Å². The molecule has 2 atom stereocenters. The highest BCUT2D eigenvalue weighted by Crippen LogP contribution is 2.29. The van der Waals surface area contributed by atoms with Gasteiger partial charge in [0.1, 0.15) is 11.6 Å². The van der Waals surface area contributed by atoms with Crippen molar-refractivity contribution in [1.29, 1.82) is 0 Å². The first kappa shape index (κ1) is 15.3. The summed E-state index contributed by atoms with van der Waals surface area (Å²) in [5.74, 6) is 1.84. The SMILES string of the molecule is Cc1nc2c(c(N3C[C@@H](O)[C@H](N4CCN(C)CC4)C3)n1)CNC2. The highest BCUT2D eigenvalue weighted by atomic mass is 16.3. The van der Waals surface area contributed by atoms with Crippen LogP contribution in [0.4, 0.5) is 5.82 Å². The van der Waals surface area contributed by atoms with Crippen LogP contribution in [0.5, 0.6) is 0 Å². The molecule has 0 aromatic carbocycles. The summed E-state index contributed by atoms with van der Waals surface area (Å²) < 4.78 is 0. The van der Waals surface area contributed by atoms with Crippen molar-refractivity contribution in [2.45, 2.75) is 32.2 Å². The van der Waals surface area contributed by atoms with Crippen LogP contribution in [0.15, 0.2) is 0 Å². The molecule has 0 spiro atoms. The van der Waals surface area contributed by atoms with Crippen LogP contribution >= 0.6 is 0 Å². The summed E-state index contributed by atoms with van der Waals surface area (Å²) in [6.45, 7) is 9.36. The maximum absolute atomic E-state index is 10.6. The van der Waals surface area contributed by atoms with E-state index in [1.54, 1.807) is 0 Å². The maximum Gasteiger partial charge on any atom is 0.137 e. The molecule has 4 rings (SSSR count). The van der Waals surface area contributed by atoms with Crippen molar-refractivity contribution in [3.8, 4) is 0 Å². The lowest BCUT2D eigenvalue weighted by molar-refractivity contribution is 0.0512. The van der Waals surface area contributed by atoms with Crippen LogP contribution in [0.25, 0.3) is 0 Å². The van der Waals surface area contributed by atoms with E-state index in [0.29, 0.717) is 6.54 Å². The van der Waals surface area contributed by atoms with Crippen LogP contribution in [0, 0.1) is 6.92 Å². The Labute approximate surface area is 137 Å². The number of aryl methyl sites for hydroxylation is 1. The summed E-state index contributed by atoms with van der Waals surface area (Å²) in [6, 6.07) is 0.212. The number of nitrogens with zero attached hydrogens (tertiary/aromatic N) is 5. The minimum absolute atomic E-state index is 0.212. The molecule has 1 aromatic rings. The number of aliphatic hydroxyl groups is 1. The van der Waals surface area contributed by atoms with Gasteiger partial charge in [-0.15, -0.1) is 0 Å². The van der Waals surface area contributed by atoms with Gasteiger partial charge >= 0.3 is 0 Å². The Morgan fingerprint density at radius 2 is 1.87 bits per heavy atom. The molecule has 0 aliphatic carbocycles. The fourth-order valence-corrected chi connectivity index (χ4v) is 3.99. The summed E-state index contributed by atoms with van der Waals surface area (Å²) in [5, 5.41) is 14.0. The van der Waals surface area contributed by atoms with Crippen molar-refractivity contribution in [3.05, 3.63) is 17.1 Å². The third-order valence-electron chi connectivity index (χ3n) is 5.34. The van der Waals surface area contributed by atoms with Crippen LogP contribution in [0.2, 0.25) is 0 Å². The molecule has 0 saturated carbocycles. The molecule has 0 unspecified atom stereocenters. The topological polar surface area (TPSA) is 67.8 Å². The molecule has 0 amide bonds. The highest BCUT2D eigenvalue weighted by Gasteiger charge is 2.38. The summed E-state index contributed by atoms with van der Waals surface area (Å²) >= 11 is 0. The Morgan fingerprint density at radius 3 is 2.65 bits per heavy atom. The van der Waals surface area contributed by atoms with Gasteiger partial charge < -0.3 is 20.2 Å². The summed E-state index contributed by atoms with van der Waals surface area (Å²) in [5.41, 5.74) is 2.33. The third-order valence-corrected chi connectivity index (χ3v) is 5.34. The lowest BCUT2D eigenvalue weighted by atomic mass is 10.1. The predicted octanol–water partition coefficient (Wildman–Crippen LogP) is -0.815. The van der Waals surface area contributed by atoms with Gasteiger partial charge in [0.2, 0.25) is 0 Å². The van der Waals surface area contributed by atoms with E-state index in [-0.39, 0.29) is 12.1 Å². The molecule has 126 valence electrons. The van der Waals surface area contributed by atoms with E-state index < -0.39 is 0 Å². The Bertz CT molecular complexity index is 586. The number of hydrogen-bond donors (Lipinski definition) is 2. The summed E-state index contributed by atoms with van der Waals surface area (Å²) in [6.07, 6.45) is -0.307. The zero-order valence-corrected chi connectivity index (χ0v) is 14.0. The molecule has 3 aliphatic heterocycles. The van der Waals surface area contributed by atoms with Crippen LogP contribution in [-0.2, 0) is 13.1 Å². The molecule has 7 heteroatoms. The van der Waals surface area contributed by atoms with E-state index in [2.05, 4.69) is 37.0 Å². The number of hydrogen-bond acceptors (Lipinski definition) is 7.